The van der Waals surface area contributed by atoms with Gasteiger partial charge in [-0.25, -0.2) is 9.97 Å². The molecule has 0 aliphatic carbocycles. The molecule has 3 aromatic rings. The average molecular weight is 438 g/mol. The van der Waals surface area contributed by atoms with Gasteiger partial charge in [0, 0.05) is 22.2 Å². The van der Waals surface area contributed by atoms with Crippen molar-refractivity contribution in [1.82, 2.24) is 9.97 Å². The number of hydrogen-bond acceptors (Lipinski definition) is 7. The molecule has 0 radical (unpaired) electrons. The molecule has 0 amide bonds. The summed E-state index contributed by atoms with van der Waals surface area (Å²) in [6.07, 6.45) is 0.984. The van der Waals surface area contributed by atoms with Gasteiger partial charge in [-0.05, 0) is 23.8 Å². The van der Waals surface area contributed by atoms with Crippen molar-refractivity contribution in [3.8, 4) is 11.5 Å². The molecule has 2 aromatic carbocycles. The highest BCUT2D eigenvalue weighted by atomic mass is 35.5. The van der Waals surface area contributed by atoms with E-state index in [0.717, 1.165) is 27.6 Å². The summed E-state index contributed by atoms with van der Waals surface area (Å²) in [6.45, 7) is 4.93. The zero-order valence-corrected chi connectivity index (χ0v) is 18.0. The molecule has 0 saturated carbocycles. The molecule has 0 bridgehead atoms. The second kappa shape index (κ2) is 8.03. The lowest BCUT2D eigenvalue weighted by atomic mass is 9.96. The molecule has 1 N–H and O–H groups in total. The minimum Gasteiger partial charge on any atom is -0.493 e. The number of ether oxygens (including phenoxy) is 4. The lowest BCUT2D eigenvalue weighted by Gasteiger charge is -2.20. The van der Waals surface area contributed by atoms with Crippen molar-refractivity contribution in [2.24, 2.45) is 0 Å². The Labute approximate surface area is 185 Å². The van der Waals surface area contributed by atoms with Crippen LogP contribution in [0.15, 0.2) is 48.8 Å². The van der Waals surface area contributed by atoms with Gasteiger partial charge in [0.2, 0.25) is 0 Å². The molecule has 2 fully saturated rings. The molecule has 2 aliphatic rings. The number of hydrogen-bond donors (Lipinski definition) is 1. The molecule has 2 aliphatic heterocycles. The number of anilines is 2. The van der Waals surface area contributed by atoms with Gasteiger partial charge < -0.3 is 24.3 Å². The Hall–Kier alpha value is -2.81. The van der Waals surface area contributed by atoms with E-state index in [1.807, 2.05) is 38.2 Å². The fraction of sp³-hybridized carbons (Fsp3) is 0.273. The number of rotatable bonds is 5. The molecule has 1 aromatic heterocycles. The van der Waals surface area contributed by atoms with E-state index in [1.54, 1.807) is 7.11 Å². The summed E-state index contributed by atoms with van der Waals surface area (Å²) in [4.78, 5) is 8.82. The number of benzene rings is 2. The minimum atomic E-state index is -0.246. The molecule has 31 heavy (non-hydrogen) atoms. The molecule has 3 heterocycles. The Morgan fingerprint density at radius 2 is 2.06 bits per heavy atom. The van der Waals surface area contributed by atoms with Gasteiger partial charge in [-0.1, -0.05) is 29.7 Å². The monoisotopic (exact) mass is 437 g/mol. The molecular weight excluding hydrogens is 417 g/mol. The number of aromatic nitrogens is 2. The molecule has 3 atom stereocenters. The number of halogens is 1. The Kier molecular flexibility index (Phi) is 5.21. The van der Waals surface area contributed by atoms with E-state index in [1.165, 1.54) is 6.33 Å². The standard InChI is InChI=1S/C22H21BClN3O4/c1-11-8-29-21-19(9-30-20(11)21)31-18-7-16-13(6-17(18)28-2)22(26-10-25-16)27-12-3-4-14(23)15(24)5-12/h3-7,10,19-21H,1,8-9,23H2,2H3,(H,25,26,27)/t19-,20+,21+/m0/s1. The van der Waals surface area contributed by atoms with Crippen LogP contribution in [0.5, 0.6) is 11.5 Å². The predicted octanol–water partition coefficient (Wildman–Crippen LogP) is 2.40. The van der Waals surface area contributed by atoms with E-state index >= 15 is 0 Å². The number of nitrogens with one attached hydrogen (secondary N) is 1. The van der Waals surface area contributed by atoms with Gasteiger partial charge >= 0.3 is 0 Å². The third kappa shape index (κ3) is 3.71. The van der Waals surface area contributed by atoms with Crippen LogP contribution in [0.2, 0.25) is 5.02 Å². The van der Waals surface area contributed by atoms with Crippen LogP contribution in [-0.2, 0) is 9.47 Å². The van der Waals surface area contributed by atoms with Gasteiger partial charge in [-0.15, -0.1) is 0 Å². The Morgan fingerprint density at radius 3 is 2.87 bits per heavy atom. The van der Waals surface area contributed by atoms with Gasteiger partial charge in [-0.3, -0.25) is 0 Å². The van der Waals surface area contributed by atoms with Crippen LogP contribution in [0.3, 0.4) is 0 Å². The fourth-order valence-electron chi connectivity index (χ4n) is 3.90. The van der Waals surface area contributed by atoms with E-state index in [4.69, 9.17) is 30.5 Å². The van der Waals surface area contributed by atoms with Crippen molar-refractivity contribution in [2.75, 3.05) is 25.6 Å². The zero-order chi connectivity index (χ0) is 21.5. The van der Waals surface area contributed by atoms with Gasteiger partial charge in [0.25, 0.3) is 0 Å². The predicted molar refractivity (Wildman–Crippen MR) is 122 cm³/mol. The summed E-state index contributed by atoms with van der Waals surface area (Å²) in [6, 6.07) is 9.49. The summed E-state index contributed by atoms with van der Waals surface area (Å²) in [5.74, 6) is 1.80. The quantitative estimate of drug-likeness (QED) is 0.485. The first-order chi connectivity index (χ1) is 15.0. The SMILES string of the molecule is Bc1ccc(Nc2ncnc3cc(O[C@H]4CO[C@@H]5C(=C)CO[C@H]45)c(OC)cc23)cc1Cl. The van der Waals surface area contributed by atoms with Gasteiger partial charge in [0.15, 0.2) is 17.6 Å². The number of methoxy groups -OCH3 is 1. The minimum absolute atomic E-state index is 0.115. The summed E-state index contributed by atoms with van der Waals surface area (Å²) in [5.41, 5.74) is 3.51. The van der Waals surface area contributed by atoms with E-state index < -0.39 is 0 Å². The average Bonchev–Trinajstić information content (AvgIpc) is 3.34. The van der Waals surface area contributed by atoms with Crippen LogP contribution < -0.4 is 20.3 Å². The van der Waals surface area contributed by atoms with Gasteiger partial charge in [-0.2, -0.15) is 0 Å². The first kappa shape index (κ1) is 20.1. The topological polar surface area (TPSA) is 74.7 Å². The number of nitrogens with zero attached hydrogens (tertiary/aromatic N) is 2. The maximum absolute atomic E-state index is 6.26. The van der Waals surface area contributed by atoms with E-state index in [0.29, 0.717) is 35.6 Å². The molecule has 0 spiro atoms. The van der Waals surface area contributed by atoms with Crippen molar-refractivity contribution in [3.63, 3.8) is 0 Å². The van der Waals surface area contributed by atoms with Crippen molar-refractivity contribution >= 4 is 47.3 Å². The molecule has 158 valence electrons. The molecule has 2 saturated heterocycles. The van der Waals surface area contributed by atoms with Crippen LogP contribution in [0, 0.1) is 0 Å². The highest BCUT2D eigenvalue weighted by Gasteiger charge is 2.45. The summed E-state index contributed by atoms with van der Waals surface area (Å²) in [7, 11) is 3.56. The molecule has 9 heteroatoms. The summed E-state index contributed by atoms with van der Waals surface area (Å²) in [5, 5.41) is 4.80. The van der Waals surface area contributed by atoms with Crippen molar-refractivity contribution in [1.29, 1.82) is 0 Å². The largest absolute Gasteiger partial charge is 0.493 e. The second-order valence-corrected chi connectivity index (χ2v) is 8.08. The van der Waals surface area contributed by atoms with Crippen LogP contribution >= 0.6 is 11.6 Å². The van der Waals surface area contributed by atoms with Gasteiger partial charge in [0.05, 0.1) is 25.8 Å². The maximum atomic E-state index is 6.26. The fourth-order valence-corrected chi connectivity index (χ4v) is 4.08. The molecule has 5 rings (SSSR count). The van der Waals surface area contributed by atoms with Crippen LogP contribution in [-0.4, -0.2) is 56.4 Å². The van der Waals surface area contributed by atoms with Crippen molar-refractivity contribution in [3.05, 3.63) is 53.8 Å². The third-order valence-corrected chi connectivity index (χ3v) is 6.01. The highest BCUT2D eigenvalue weighted by Crippen LogP contribution is 2.38. The lowest BCUT2D eigenvalue weighted by Crippen LogP contribution is -2.32. The van der Waals surface area contributed by atoms with Crippen LogP contribution in [0.1, 0.15) is 0 Å². The van der Waals surface area contributed by atoms with E-state index in [2.05, 4.69) is 21.9 Å². The number of fused-ring (bicyclic) bond motifs is 2. The van der Waals surface area contributed by atoms with E-state index in [9.17, 15) is 0 Å². The first-order valence-electron chi connectivity index (χ1n) is 9.97. The molecular formula is C22H21BClN3O4. The lowest BCUT2D eigenvalue weighted by molar-refractivity contribution is 0.0303. The third-order valence-electron chi connectivity index (χ3n) is 5.60. The molecule has 0 unspecified atom stereocenters. The second-order valence-electron chi connectivity index (χ2n) is 7.68. The Morgan fingerprint density at radius 1 is 1.19 bits per heavy atom. The highest BCUT2D eigenvalue weighted by molar-refractivity contribution is 6.45. The van der Waals surface area contributed by atoms with Crippen molar-refractivity contribution in [2.45, 2.75) is 18.3 Å². The van der Waals surface area contributed by atoms with Crippen LogP contribution in [0.25, 0.3) is 10.9 Å². The first-order valence-corrected chi connectivity index (χ1v) is 10.3. The Bertz CT molecular complexity index is 1170. The van der Waals surface area contributed by atoms with Crippen molar-refractivity contribution < 1.29 is 18.9 Å². The van der Waals surface area contributed by atoms with Gasteiger partial charge in [0.1, 0.15) is 32.2 Å². The van der Waals surface area contributed by atoms with E-state index in [-0.39, 0.29) is 18.3 Å². The summed E-state index contributed by atoms with van der Waals surface area (Å²) >= 11 is 6.26. The summed E-state index contributed by atoms with van der Waals surface area (Å²) < 4.78 is 23.5. The normalized spacial score (nSPS) is 22.5. The zero-order valence-electron chi connectivity index (χ0n) is 17.2. The van der Waals surface area contributed by atoms with Crippen LogP contribution in [0.4, 0.5) is 11.5 Å². The smallest absolute Gasteiger partial charge is 0.164 e. The maximum Gasteiger partial charge on any atom is 0.164 e. The Balaban J connectivity index is 1.46. The molecule has 7 nitrogen and oxygen atoms in total.